The molecule has 0 atom stereocenters. The fourth-order valence-electron chi connectivity index (χ4n) is 9.26. The van der Waals surface area contributed by atoms with Gasteiger partial charge in [-0.1, -0.05) is 146 Å². The van der Waals surface area contributed by atoms with E-state index in [0.717, 1.165) is 55.8 Å². The molecule has 0 aliphatic rings. The standard InChI is InChI=1S/C56H36N2O/c1-3-15-44-38(12-1)14-11-20-49(44)56-45-16-4-2-13-39(45)26-34-53(56)57(41-28-24-37(25-29-41)40-27-35-55-50(36-40)48-19-7-10-23-54(48)59-55)42-30-32-43(33-31-42)58-51-21-8-5-17-46(51)47-18-6-9-22-52(47)58/h1-36H. The van der Waals surface area contributed by atoms with Crippen LogP contribution in [0.3, 0.4) is 0 Å². The van der Waals surface area contributed by atoms with Crippen LogP contribution in [0, 0.1) is 0 Å². The Labute approximate surface area is 341 Å². The third-order valence-electron chi connectivity index (χ3n) is 12.0. The fraction of sp³-hybridized carbons (Fsp3) is 0. The fourth-order valence-corrected chi connectivity index (χ4v) is 9.26. The Kier molecular flexibility index (Phi) is 7.54. The molecule has 0 radical (unpaired) electrons. The monoisotopic (exact) mass is 752 g/mol. The van der Waals surface area contributed by atoms with Crippen molar-refractivity contribution in [3.63, 3.8) is 0 Å². The van der Waals surface area contributed by atoms with E-state index in [4.69, 9.17) is 4.42 Å². The van der Waals surface area contributed by atoms with Gasteiger partial charge >= 0.3 is 0 Å². The molecule has 3 heteroatoms. The zero-order chi connectivity index (χ0) is 38.9. The summed E-state index contributed by atoms with van der Waals surface area (Å²) in [5.41, 5.74) is 13.3. The number of anilines is 3. The molecule has 2 heterocycles. The average Bonchev–Trinajstić information content (AvgIpc) is 3.85. The molecular weight excluding hydrogens is 717 g/mol. The smallest absolute Gasteiger partial charge is 0.135 e. The van der Waals surface area contributed by atoms with Crippen LogP contribution in [0.2, 0.25) is 0 Å². The van der Waals surface area contributed by atoms with Crippen LogP contribution in [-0.2, 0) is 0 Å². The van der Waals surface area contributed by atoms with Crippen molar-refractivity contribution in [1.29, 1.82) is 0 Å². The largest absolute Gasteiger partial charge is 0.456 e. The highest BCUT2D eigenvalue weighted by molar-refractivity contribution is 6.12. The van der Waals surface area contributed by atoms with Crippen molar-refractivity contribution in [2.75, 3.05) is 4.90 Å². The number of hydrogen-bond donors (Lipinski definition) is 0. The Bertz CT molecular complexity index is 3500. The summed E-state index contributed by atoms with van der Waals surface area (Å²) in [5.74, 6) is 0. The van der Waals surface area contributed by atoms with E-state index >= 15 is 0 Å². The number of para-hydroxylation sites is 3. The second-order valence-electron chi connectivity index (χ2n) is 15.3. The first-order valence-corrected chi connectivity index (χ1v) is 20.2. The van der Waals surface area contributed by atoms with Crippen molar-refractivity contribution >= 4 is 82.4 Å². The summed E-state index contributed by atoms with van der Waals surface area (Å²) < 4.78 is 8.54. The molecule has 0 saturated heterocycles. The molecule has 0 fully saturated rings. The first-order valence-electron chi connectivity index (χ1n) is 20.2. The van der Waals surface area contributed by atoms with E-state index < -0.39 is 0 Å². The van der Waals surface area contributed by atoms with E-state index in [9.17, 15) is 0 Å². The van der Waals surface area contributed by atoms with Gasteiger partial charge in [0.25, 0.3) is 0 Å². The average molecular weight is 753 g/mol. The molecule has 276 valence electrons. The Balaban J connectivity index is 1.06. The molecule has 0 amide bonds. The van der Waals surface area contributed by atoms with E-state index in [2.05, 4.69) is 216 Å². The number of furan rings is 1. The first-order chi connectivity index (χ1) is 29.3. The summed E-state index contributed by atoms with van der Waals surface area (Å²) in [6.07, 6.45) is 0. The lowest BCUT2D eigenvalue weighted by molar-refractivity contribution is 0.669. The minimum Gasteiger partial charge on any atom is -0.456 e. The molecule has 0 saturated carbocycles. The third-order valence-corrected chi connectivity index (χ3v) is 12.0. The maximum Gasteiger partial charge on any atom is 0.135 e. The summed E-state index contributed by atoms with van der Waals surface area (Å²) >= 11 is 0. The van der Waals surface area contributed by atoms with Crippen molar-refractivity contribution in [3.8, 4) is 27.9 Å². The number of nitrogens with zero attached hydrogens (tertiary/aromatic N) is 2. The molecule has 2 aromatic heterocycles. The first kappa shape index (κ1) is 33.3. The van der Waals surface area contributed by atoms with Gasteiger partial charge < -0.3 is 13.9 Å². The van der Waals surface area contributed by atoms with Gasteiger partial charge in [-0.25, -0.2) is 0 Å². The predicted molar refractivity (Wildman–Crippen MR) is 249 cm³/mol. The second kappa shape index (κ2) is 13.4. The van der Waals surface area contributed by atoms with Crippen LogP contribution in [0.15, 0.2) is 223 Å². The number of hydrogen-bond acceptors (Lipinski definition) is 2. The van der Waals surface area contributed by atoms with E-state index in [1.54, 1.807) is 0 Å². The molecule has 12 aromatic rings. The normalized spacial score (nSPS) is 11.7. The molecule has 3 nitrogen and oxygen atoms in total. The minimum atomic E-state index is 0.902. The van der Waals surface area contributed by atoms with Crippen molar-refractivity contribution in [2.45, 2.75) is 0 Å². The SMILES string of the molecule is c1ccc2c(-c3c(N(c4ccc(-c5ccc6oc7ccccc7c6c5)cc4)c4ccc(-n5c6ccccc6c6ccccc65)cc4)ccc4ccccc34)cccc2c1. The Morgan fingerprint density at radius 2 is 0.898 bits per heavy atom. The van der Waals surface area contributed by atoms with E-state index in [1.165, 1.54) is 54.5 Å². The van der Waals surface area contributed by atoms with Gasteiger partial charge in [0.15, 0.2) is 0 Å². The molecule has 0 N–H and O–H groups in total. The summed E-state index contributed by atoms with van der Waals surface area (Å²) in [6.45, 7) is 0. The maximum absolute atomic E-state index is 6.16. The van der Waals surface area contributed by atoms with Gasteiger partial charge in [-0.2, -0.15) is 0 Å². The van der Waals surface area contributed by atoms with Crippen LogP contribution >= 0.6 is 0 Å². The Morgan fingerprint density at radius 1 is 0.356 bits per heavy atom. The van der Waals surface area contributed by atoms with Crippen LogP contribution in [0.25, 0.3) is 93.2 Å². The van der Waals surface area contributed by atoms with E-state index in [-0.39, 0.29) is 0 Å². The topological polar surface area (TPSA) is 21.3 Å². The highest BCUT2D eigenvalue weighted by Gasteiger charge is 2.22. The molecule has 12 rings (SSSR count). The lowest BCUT2D eigenvalue weighted by atomic mass is 9.91. The molecule has 59 heavy (non-hydrogen) atoms. The molecule has 0 unspecified atom stereocenters. The molecule has 0 aliphatic carbocycles. The van der Waals surface area contributed by atoms with E-state index in [1.807, 2.05) is 12.1 Å². The zero-order valence-electron chi connectivity index (χ0n) is 32.1. The van der Waals surface area contributed by atoms with Gasteiger partial charge in [0.05, 0.1) is 16.7 Å². The second-order valence-corrected chi connectivity index (χ2v) is 15.3. The Morgan fingerprint density at radius 3 is 1.63 bits per heavy atom. The van der Waals surface area contributed by atoms with Gasteiger partial charge in [-0.3, -0.25) is 0 Å². The highest BCUT2D eigenvalue weighted by Crippen LogP contribution is 2.47. The van der Waals surface area contributed by atoms with Gasteiger partial charge in [0.1, 0.15) is 11.2 Å². The summed E-state index contributed by atoms with van der Waals surface area (Å²) in [5, 5.41) is 9.64. The number of aromatic nitrogens is 1. The molecule has 0 bridgehead atoms. The van der Waals surface area contributed by atoms with Crippen LogP contribution in [-0.4, -0.2) is 4.57 Å². The van der Waals surface area contributed by atoms with Crippen LogP contribution in [0.5, 0.6) is 0 Å². The molecule has 10 aromatic carbocycles. The zero-order valence-corrected chi connectivity index (χ0v) is 32.1. The van der Waals surface area contributed by atoms with Crippen molar-refractivity contribution in [1.82, 2.24) is 4.57 Å². The van der Waals surface area contributed by atoms with Crippen LogP contribution in [0.4, 0.5) is 17.1 Å². The predicted octanol–water partition coefficient (Wildman–Crippen LogP) is 15.8. The lowest BCUT2D eigenvalue weighted by Gasteiger charge is -2.29. The van der Waals surface area contributed by atoms with Crippen molar-refractivity contribution in [3.05, 3.63) is 218 Å². The Hall–Kier alpha value is -7.88. The van der Waals surface area contributed by atoms with Crippen LogP contribution in [0.1, 0.15) is 0 Å². The minimum absolute atomic E-state index is 0.902. The van der Waals surface area contributed by atoms with Crippen molar-refractivity contribution < 1.29 is 4.42 Å². The summed E-state index contributed by atoms with van der Waals surface area (Å²) in [4.78, 5) is 2.43. The summed E-state index contributed by atoms with van der Waals surface area (Å²) in [7, 11) is 0. The maximum atomic E-state index is 6.16. The number of fused-ring (bicyclic) bond motifs is 8. The number of rotatable bonds is 6. The van der Waals surface area contributed by atoms with Gasteiger partial charge in [-0.05, 0) is 111 Å². The highest BCUT2D eigenvalue weighted by atomic mass is 16.3. The van der Waals surface area contributed by atoms with Crippen LogP contribution < -0.4 is 4.90 Å². The van der Waals surface area contributed by atoms with Crippen molar-refractivity contribution in [2.24, 2.45) is 0 Å². The molecule has 0 aliphatic heterocycles. The lowest BCUT2D eigenvalue weighted by Crippen LogP contribution is -2.12. The number of benzene rings is 10. The van der Waals surface area contributed by atoms with Gasteiger partial charge in [-0.15, -0.1) is 0 Å². The molecule has 0 spiro atoms. The molecular formula is C56H36N2O. The quantitative estimate of drug-likeness (QED) is 0.169. The third kappa shape index (κ3) is 5.36. The summed E-state index contributed by atoms with van der Waals surface area (Å²) in [6, 6.07) is 78.9. The van der Waals surface area contributed by atoms with Gasteiger partial charge in [0.2, 0.25) is 0 Å². The van der Waals surface area contributed by atoms with Gasteiger partial charge in [0, 0.05) is 44.2 Å². The van der Waals surface area contributed by atoms with E-state index in [0.29, 0.717) is 0 Å².